The predicted octanol–water partition coefficient (Wildman–Crippen LogP) is 6.19. The number of esters is 1. The van der Waals surface area contributed by atoms with Crippen LogP contribution in [0.25, 0.3) is 0 Å². The van der Waals surface area contributed by atoms with Crippen LogP contribution in [0.3, 0.4) is 0 Å². The third-order valence-corrected chi connectivity index (χ3v) is 11.7. The minimum atomic E-state index is -2.01. The van der Waals surface area contributed by atoms with Crippen LogP contribution in [-0.4, -0.2) is 77.4 Å². The number of carbonyl (C=O) groups is 5. The van der Waals surface area contributed by atoms with Crippen molar-refractivity contribution in [1.29, 1.82) is 0 Å². The summed E-state index contributed by atoms with van der Waals surface area (Å²) in [7, 11) is 1.49. The molecule has 4 heterocycles. The molecule has 1 fully saturated rings. The number of methoxy groups -OCH3 is 1. The van der Waals surface area contributed by atoms with Crippen molar-refractivity contribution in [3.8, 4) is 11.5 Å². The Kier molecular flexibility index (Phi) is 11.7. The first-order chi connectivity index (χ1) is 25.2. The molecule has 0 unspecified atom stereocenters. The summed E-state index contributed by atoms with van der Waals surface area (Å²) in [6.07, 6.45) is 5.85. The van der Waals surface area contributed by atoms with Crippen LogP contribution in [0, 0.1) is 30.6 Å². The van der Waals surface area contributed by atoms with E-state index in [0.29, 0.717) is 0 Å². The van der Waals surface area contributed by atoms with Crippen molar-refractivity contribution in [2.24, 2.45) is 23.7 Å². The fraction of sp³-hybridized carbons (Fsp3) is 0.525. The molecule has 292 valence electrons. The normalized spacial score (nSPS) is 32.9. The molecular weight excluding hydrogens is 813 g/mol. The molecule has 1 amide bonds. The summed E-state index contributed by atoms with van der Waals surface area (Å²) < 4.78 is 36.6. The molecule has 13 nitrogen and oxygen atoms in total. The highest BCUT2D eigenvalue weighted by Crippen LogP contribution is 2.49. The van der Waals surface area contributed by atoms with E-state index in [1.54, 1.807) is 47.7 Å². The number of nitrogens with one attached hydrogen (secondary N) is 1. The number of phenols is 1. The molecule has 1 aromatic rings. The number of halogens is 1. The lowest BCUT2D eigenvalue weighted by atomic mass is 9.77. The summed E-state index contributed by atoms with van der Waals surface area (Å²) in [6.45, 7) is 17.2. The van der Waals surface area contributed by atoms with Crippen molar-refractivity contribution in [3.05, 3.63) is 67.7 Å². The van der Waals surface area contributed by atoms with E-state index in [1.807, 2.05) is 47.6 Å². The lowest BCUT2D eigenvalue weighted by molar-refractivity contribution is -0.336. The number of hydrogen-bond acceptors (Lipinski definition) is 12. The Balaban J connectivity index is 1.64. The molecule has 2 N–H and O–H groups in total. The number of ketones is 3. The highest BCUT2D eigenvalue weighted by Gasteiger charge is 2.53. The van der Waals surface area contributed by atoms with Gasteiger partial charge < -0.3 is 38.8 Å². The second-order valence-corrected chi connectivity index (χ2v) is 16.1. The van der Waals surface area contributed by atoms with Gasteiger partial charge in [-0.1, -0.05) is 45.9 Å². The third kappa shape index (κ3) is 7.41. The SMILES string of the molecule is CO[C@H]1C=CO[C@@]2(C)Oc3c(C)c(O)c4c(c3C2=O)C(=O)C(I)=C(NC(=O)C(C)=CC=C[C@H](C)[C@@H]2OC(C)(C)O[C@H]([C@H](C)[C@H](OC(C)=O)[C@@H]1C)[C@@H]2C)C4=O. The molecule has 1 aromatic carbocycles. The second kappa shape index (κ2) is 15.3. The van der Waals surface area contributed by atoms with Gasteiger partial charge in [-0.3, -0.25) is 24.0 Å². The van der Waals surface area contributed by atoms with Gasteiger partial charge >= 0.3 is 11.8 Å². The summed E-state index contributed by atoms with van der Waals surface area (Å²) in [6, 6.07) is 0. The zero-order valence-corrected chi connectivity index (χ0v) is 34.5. The second-order valence-electron chi connectivity index (χ2n) is 15.1. The molecule has 0 saturated carbocycles. The summed E-state index contributed by atoms with van der Waals surface area (Å²) in [4.78, 5) is 67.9. The van der Waals surface area contributed by atoms with Gasteiger partial charge in [-0.2, -0.15) is 0 Å². The molecule has 7 bridgehead atoms. The van der Waals surface area contributed by atoms with Crippen LogP contribution >= 0.6 is 22.6 Å². The van der Waals surface area contributed by atoms with Gasteiger partial charge in [-0.05, 0) is 56.4 Å². The van der Waals surface area contributed by atoms with Crippen LogP contribution in [0.15, 0.2) is 45.4 Å². The Hall–Kier alpha value is -3.86. The van der Waals surface area contributed by atoms with Gasteiger partial charge in [0.15, 0.2) is 5.79 Å². The third-order valence-electron chi connectivity index (χ3n) is 10.7. The van der Waals surface area contributed by atoms with E-state index in [9.17, 15) is 29.1 Å². The molecule has 0 aromatic heterocycles. The maximum Gasteiger partial charge on any atom is 0.312 e. The summed E-state index contributed by atoms with van der Waals surface area (Å²) in [5.41, 5.74) is -1.03. The lowest BCUT2D eigenvalue weighted by Gasteiger charge is -2.50. The number of aromatic hydroxyl groups is 1. The van der Waals surface area contributed by atoms with E-state index in [-0.39, 0.29) is 61.1 Å². The summed E-state index contributed by atoms with van der Waals surface area (Å²) in [5.74, 6) is -8.30. The van der Waals surface area contributed by atoms with Crippen molar-refractivity contribution < 1.29 is 57.5 Å². The number of carbonyl (C=O) groups excluding carboxylic acids is 5. The molecule has 6 rings (SSSR count). The Bertz CT molecular complexity index is 1910. The van der Waals surface area contributed by atoms with Gasteiger partial charge in [0.2, 0.25) is 11.6 Å². The topological polar surface area (TPSA) is 173 Å². The van der Waals surface area contributed by atoms with E-state index in [4.69, 9.17) is 28.4 Å². The monoisotopic (exact) mass is 861 g/mol. The van der Waals surface area contributed by atoms with E-state index >= 15 is 0 Å². The molecule has 9 atom stereocenters. The number of Topliss-reactive ketones (excluding diaryl/α,β-unsaturated/α-hetero) is 3. The van der Waals surface area contributed by atoms with Crippen LogP contribution in [0.4, 0.5) is 0 Å². The number of fused-ring (bicyclic) bond motifs is 10. The standard InChI is InChI=1S/C40H48INO12/c1-17-13-12-14-18(2)38(48)42-29-28(41)31(45)25-26(32(29)46)30(44)20(4)36-27(25)37(47)40(10,54-36)50-16-15-24(49-11)19(3)34(51-23(7)43)22(6)35-21(5)33(17)52-39(8,9)53-35/h12-17,19,21-22,24,33-35,44H,1-11H3,(H,42,48)/t17-,19+,21+,22+,24-,33-,34+,35-,40-/m0/s1. The number of ether oxygens (including phenoxy) is 6. The van der Waals surface area contributed by atoms with E-state index in [2.05, 4.69) is 5.32 Å². The first kappa shape index (κ1) is 41.3. The average Bonchev–Trinajstić information content (AvgIpc) is 3.37. The average molecular weight is 862 g/mol. The summed E-state index contributed by atoms with van der Waals surface area (Å²) in [5, 5.41) is 13.8. The molecule has 0 radical (unpaired) electrons. The van der Waals surface area contributed by atoms with Crippen LogP contribution in [-0.2, 0) is 33.3 Å². The maximum absolute atomic E-state index is 14.1. The van der Waals surface area contributed by atoms with Crippen LogP contribution in [0.2, 0.25) is 0 Å². The molecule has 0 spiro atoms. The van der Waals surface area contributed by atoms with Crippen molar-refractivity contribution in [3.63, 3.8) is 0 Å². The zero-order valence-electron chi connectivity index (χ0n) is 32.3. The smallest absolute Gasteiger partial charge is 0.312 e. The number of benzene rings is 1. The first-order valence-corrected chi connectivity index (χ1v) is 18.9. The van der Waals surface area contributed by atoms with Gasteiger partial charge in [-0.15, -0.1) is 0 Å². The number of allylic oxidation sites excluding steroid dienone is 4. The van der Waals surface area contributed by atoms with Crippen LogP contribution in [0.1, 0.15) is 99.0 Å². The maximum atomic E-state index is 14.1. The van der Waals surface area contributed by atoms with Crippen LogP contribution < -0.4 is 10.1 Å². The number of amides is 1. The minimum absolute atomic E-state index is 0.0356. The van der Waals surface area contributed by atoms with Gasteiger partial charge in [0.05, 0.1) is 44.8 Å². The van der Waals surface area contributed by atoms with E-state index in [1.165, 1.54) is 34.1 Å². The largest absolute Gasteiger partial charge is 0.507 e. The van der Waals surface area contributed by atoms with Gasteiger partial charge in [0, 0.05) is 55.8 Å². The highest BCUT2D eigenvalue weighted by atomic mass is 127. The highest BCUT2D eigenvalue weighted by molar-refractivity contribution is 14.1. The lowest BCUT2D eigenvalue weighted by Crippen LogP contribution is -2.56. The molecule has 5 aliphatic rings. The molecule has 54 heavy (non-hydrogen) atoms. The predicted molar refractivity (Wildman–Crippen MR) is 204 cm³/mol. The molecule has 4 aliphatic heterocycles. The number of phenolic OH excluding ortho intramolecular Hbond substituents is 1. The fourth-order valence-corrected chi connectivity index (χ4v) is 8.39. The molecular formula is C40H48INO12. The first-order valence-electron chi connectivity index (χ1n) is 17.8. The van der Waals surface area contributed by atoms with Crippen molar-refractivity contribution in [2.45, 2.75) is 105 Å². The molecule has 1 aliphatic carbocycles. The van der Waals surface area contributed by atoms with Crippen LogP contribution in [0.5, 0.6) is 11.5 Å². The number of hydrogen-bond donors (Lipinski definition) is 2. The Morgan fingerprint density at radius 2 is 1.56 bits per heavy atom. The van der Waals surface area contributed by atoms with Gasteiger partial charge in [-0.25, -0.2) is 0 Å². The Morgan fingerprint density at radius 3 is 2.19 bits per heavy atom. The van der Waals surface area contributed by atoms with Crippen molar-refractivity contribution in [1.82, 2.24) is 5.32 Å². The van der Waals surface area contributed by atoms with Crippen molar-refractivity contribution >= 4 is 51.8 Å². The minimum Gasteiger partial charge on any atom is -0.507 e. The molecule has 14 heteroatoms. The Morgan fingerprint density at radius 1 is 0.907 bits per heavy atom. The summed E-state index contributed by atoms with van der Waals surface area (Å²) >= 11 is 1.65. The fourth-order valence-electron chi connectivity index (χ4n) is 7.74. The molecule has 1 saturated heterocycles. The van der Waals surface area contributed by atoms with Gasteiger partial charge in [0.1, 0.15) is 23.3 Å². The Labute approximate surface area is 328 Å². The quantitative estimate of drug-likeness (QED) is 0.256. The number of rotatable bonds is 2. The van der Waals surface area contributed by atoms with E-state index < -0.39 is 76.3 Å². The van der Waals surface area contributed by atoms with E-state index in [0.717, 1.165) is 0 Å². The van der Waals surface area contributed by atoms with Crippen molar-refractivity contribution in [2.75, 3.05) is 7.11 Å². The zero-order chi connectivity index (χ0) is 40.2. The van der Waals surface area contributed by atoms with Gasteiger partial charge in [0.25, 0.3) is 11.7 Å².